The van der Waals surface area contributed by atoms with Crippen LogP contribution in [0.2, 0.25) is 0 Å². The first-order valence-corrected chi connectivity index (χ1v) is 6.60. The molecule has 0 atom stereocenters. The van der Waals surface area contributed by atoms with Crippen LogP contribution < -0.4 is 10.1 Å². The number of aromatic nitrogens is 2. The van der Waals surface area contributed by atoms with Crippen LogP contribution in [0, 0.1) is 13.8 Å². The molecule has 2 aromatic rings. The van der Waals surface area contributed by atoms with Crippen LogP contribution in [0.25, 0.3) is 0 Å². The average Bonchev–Trinajstić information content (AvgIpc) is 2.78. The lowest BCUT2D eigenvalue weighted by molar-refractivity contribution is -0.123. The normalized spacial score (nSPS) is 10.3. The van der Waals surface area contributed by atoms with E-state index in [9.17, 15) is 4.79 Å². The van der Waals surface area contributed by atoms with Crippen molar-refractivity contribution >= 4 is 5.91 Å². The van der Waals surface area contributed by atoms with E-state index in [-0.39, 0.29) is 12.5 Å². The van der Waals surface area contributed by atoms with Crippen LogP contribution in [0.5, 0.6) is 5.75 Å². The molecule has 2 rings (SSSR count). The van der Waals surface area contributed by atoms with Gasteiger partial charge in [0, 0.05) is 25.0 Å². The number of hydrogen-bond donors (Lipinski definition) is 1. The maximum atomic E-state index is 11.7. The number of benzene rings is 1. The molecule has 0 saturated carbocycles. The summed E-state index contributed by atoms with van der Waals surface area (Å²) in [7, 11) is 0. The summed E-state index contributed by atoms with van der Waals surface area (Å²) in [5.41, 5.74) is 1.09. The number of nitrogens with zero attached hydrogens (tertiary/aromatic N) is 2. The Morgan fingerprint density at radius 2 is 2.05 bits per heavy atom. The molecule has 1 aromatic carbocycles. The SMILES string of the molecule is Cc1cnc(C)n1CCNC(=O)COc1ccccc1. The van der Waals surface area contributed by atoms with E-state index in [0.717, 1.165) is 18.1 Å². The third-order valence-corrected chi connectivity index (χ3v) is 3.03. The summed E-state index contributed by atoms with van der Waals surface area (Å²) >= 11 is 0. The van der Waals surface area contributed by atoms with Gasteiger partial charge in [0.2, 0.25) is 0 Å². The standard InChI is InChI=1S/C15H19N3O2/c1-12-10-17-13(2)18(12)9-8-16-15(19)11-20-14-6-4-3-5-7-14/h3-7,10H,8-9,11H2,1-2H3,(H,16,19). The van der Waals surface area contributed by atoms with Crippen molar-refractivity contribution in [2.24, 2.45) is 0 Å². The highest BCUT2D eigenvalue weighted by molar-refractivity contribution is 5.77. The predicted octanol–water partition coefficient (Wildman–Crippen LogP) is 1.70. The molecule has 5 heteroatoms. The fraction of sp³-hybridized carbons (Fsp3) is 0.333. The minimum absolute atomic E-state index is 0.0336. The Kier molecular flexibility index (Phi) is 4.76. The predicted molar refractivity (Wildman–Crippen MR) is 76.6 cm³/mol. The number of carbonyl (C=O) groups excluding carboxylic acids is 1. The van der Waals surface area contributed by atoms with E-state index in [0.29, 0.717) is 12.3 Å². The van der Waals surface area contributed by atoms with Gasteiger partial charge < -0.3 is 14.6 Å². The number of hydrogen-bond acceptors (Lipinski definition) is 3. The third kappa shape index (κ3) is 3.85. The Hall–Kier alpha value is -2.30. The number of aryl methyl sites for hydroxylation is 2. The number of rotatable bonds is 6. The molecule has 1 amide bonds. The number of imidazole rings is 1. The molecule has 0 fully saturated rings. The second-order valence-corrected chi connectivity index (χ2v) is 4.55. The molecule has 0 bridgehead atoms. The molecule has 0 saturated heterocycles. The summed E-state index contributed by atoms with van der Waals surface area (Å²) in [5, 5.41) is 2.83. The topological polar surface area (TPSA) is 56.2 Å². The maximum Gasteiger partial charge on any atom is 0.258 e. The van der Waals surface area contributed by atoms with Gasteiger partial charge in [-0.2, -0.15) is 0 Å². The molecule has 0 radical (unpaired) electrons. The molecule has 0 aliphatic rings. The van der Waals surface area contributed by atoms with Gasteiger partial charge in [-0.15, -0.1) is 0 Å². The highest BCUT2D eigenvalue weighted by Gasteiger charge is 2.04. The number of carbonyl (C=O) groups is 1. The maximum absolute atomic E-state index is 11.7. The summed E-state index contributed by atoms with van der Waals surface area (Å²) in [6, 6.07) is 9.30. The van der Waals surface area contributed by atoms with Gasteiger partial charge in [-0.05, 0) is 26.0 Å². The van der Waals surface area contributed by atoms with Crippen LogP contribution in [0.4, 0.5) is 0 Å². The number of nitrogens with one attached hydrogen (secondary N) is 1. The van der Waals surface area contributed by atoms with Crippen LogP contribution in [0.15, 0.2) is 36.5 Å². The molecule has 20 heavy (non-hydrogen) atoms. The lowest BCUT2D eigenvalue weighted by Crippen LogP contribution is -2.31. The van der Waals surface area contributed by atoms with Crippen molar-refractivity contribution in [2.75, 3.05) is 13.2 Å². The summed E-state index contributed by atoms with van der Waals surface area (Å²) in [6.45, 7) is 5.27. The smallest absolute Gasteiger partial charge is 0.258 e. The second-order valence-electron chi connectivity index (χ2n) is 4.55. The van der Waals surface area contributed by atoms with E-state index in [2.05, 4.69) is 14.9 Å². The highest BCUT2D eigenvalue weighted by atomic mass is 16.5. The molecule has 0 spiro atoms. The average molecular weight is 273 g/mol. The Bertz CT molecular complexity index is 544. The van der Waals surface area contributed by atoms with Gasteiger partial charge in [0.25, 0.3) is 5.91 Å². The molecule has 1 heterocycles. The van der Waals surface area contributed by atoms with E-state index in [1.165, 1.54) is 0 Å². The Morgan fingerprint density at radius 3 is 2.70 bits per heavy atom. The molecular weight excluding hydrogens is 254 g/mol. The lowest BCUT2D eigenvalue weighted by Gasteiger charge is -2.10. The fourth-order valence-corrected chi connectivity index (χ4v) is 1.94. The van der Waals surface area contributed by atoms with Gasteiger partial charge >= 0.3 is 0 Å². The first kappa shape index (κ1) is 14.1. The molecular formula is C15H19N3O2. The summed E-state index contributed by atoms with van der Waals surface area (Å²) in [5.74, 6) is 1.53. The largest absolute Gasteiger partial charge is 0.484 e. The molecule has 5 nitrogen and oxygen atoms in total. The Balaban J connectivity index is 1.71. The van der Waals surface area contributed by atoms with Crippen LogP contribution in [0.1, 0.15) is 11.5 Å². The molecule has 0 aliphatic heterocycles. The zero-order chi connectivity index (χ0) is 14.4. The zero-order valence-corrected chi connectivity index (χ0v) is 11.8. The minimum atomic E-state index is -0.121. The van der Waals surface area contributed by atoms with Crippen molar-refractivity contribution in [2.45, 2.75) is 20.4 Å². The van der Waals surface area contributed by atoms with Crippen molar-refractivity contribution in [3.05, 3.63) is 48.0 Å². The van der Waals surface area contributed by atoms with Gasteiger partial charge in [0.15, 0.2) is 6.61 Å². The van der Waals surface area contributed by atoms with Gasteiger partial charge in [-0.25, -0.2) is 4.98 Å². The fourth-order valence-electron chi connectivity index (χ4n) is 1.94. The molecule has 0 unspecified atom stereocenters. The van der Waals surface area contributed by atoms with Crippen LogP contribution in [0.3, 0.4) is 0 Å². The van der Waals surface area contributed by atoms with Gasteiger partial charge in [-0.3, -0.25) is 4.79 Å². The molecule has 0 aliphatic carbocycles. The Morgan fingerprint density at radius 1 is 1.30 bits per heavy atom. The number of para-hydroxylation sites is 1. The van der Waals surface area contributed by atoms with E-state index < -0.39 is 0 Å². The van der Waals surface area contributed by atoms with Crippen molar-refractivity contribution in [3.8, 4) is 5.75 Å². The number of ether oxygens (including phenoxy) is 1. The third-order valence-electron chi connectivity index (χ3n) is 3.03. The first-order valence-electron chi connectivity index (χ1n) is 6.60. The van der Waals surface area contributed by atoms with Crippen LogP contribution in [-0.4, -0.2) is 28.6 Å². The van der Waals surface area contributed by atoms with Crippen molar-refractivity contribution in [1.82, 2.24) is 14.9 Å². The van der Waals surface area contributed by atoms with Crippen molar-refractivity contribution in [1.29, 1.82) is 0 Å². The van der Waals surface area contributed by atoms with E-state index >= 15 is 0 Å². The van der Waals surface area contributed by atoms with E-state index in [4.69, 9.17) is 4.74 Å². The van der Waals surface area contributed by atoms with Gasteiger partial charge in [0.05, 0.1) is 0 Å². The lowest BCUT2D eigenvalue weighted by atomic mass is 10.3. The monoisotopic (exact) mass is 273 g/mol. The van der Waals surface area contributed by atoms with Gasteiger partial charge in [-0.1, -0.05) is 18.2 Å². The van der Waals surface area contributed by atoms with Crippen molar-refractivity contribution < 1.29 is 9.53 Å². The first-order chi connectivity index (χ1) is 9.66. The van der Waals surface area contributed by atoms with E-state index in [1.807, 2.05) is 50.4 Å². The summed E-state index contributed by atoms with van der Waals surface area (Å²) in [6.07, 6.45) is 1.83. The summed E-state index contributed by atoms with van der Waals surface area (Å²) < 4.78 is 7.44. The minimum Gasteiger partial charge on any atom is -0.484 e. The van der Waals surface area contributed by atoms with Crippen LogP contribution in [-0.2, 0) is 11.3 Å². The summed E-state index contributed by atoms with van der Waals surface area (Å²) in [4.78, 5) is 15.9. The molecule has 106 valence electrons. The number of amides is 1. The van der Waals surface area contributed by atoms with Gasteiger partial charge in [0.1, 0.15) is 11.6 Å². The molecule has 1 N–H and O–H groups in total. The second kappa shape index (κ2) is 6.75. The molecule has 1 aromatic heterocycles. The Labute approximate surface area is 118 Å². The van der Waals surface area contributed by atoms with E-state index in [1.54, 1.807) is 0 Å². The highest BCUT2D eigenvalue weighted by Crippen LogP contribution is 2.07. The quantitative estimate of drug-likeness (QED) is 0.871. The zero-order valence-electron chi connectivity index (χ0n) is 11.8. The van der Waals surface area contributed by atoms with Crippen LogP contribution >= 0.6 is 0 Å². The van der Waals surface area contributed by atoms with Crippen molar-refractivity contribution in [3.63, 3.8) is 0 Å².